The van der Waals surface area contributed by atoms with Gasteiger partial charge in [-0.2, -0.15) is 0 Å². The van der Waals surface area contributed by atoms with Gasteiger partial charge in [0.1, 0.15) is 5.75 Å². The van der Waals surface area contributed by atoms with E-state index < -0.39 is 6.10 Å². The highest BCUT2D eigenvalue weighted by molar-refractivity contribution is 5.65. The third-order valence-electron chi connectivity index (χ3n) is 3.21. The molecule has 0 amide bonds. The van der Waals surface area contributed by atoms with Gasteiger partial charge in [0.05, 0.1) is 6.10 Å². The summed E-state index contributed by atoms with van der Waals surface area (Å²) in [7, 11) is 1.99. The molecule has 2 atom stereocenters. The van der Waals surface area contributed by atoms with Gasteiger partial charge < -0.3 is 20.8 Å². The van der Waals surface area contributed by atoms with Crippen molar-refractivity contribution >= 4 is 5.69 Å². The lowest BCUT2D eigenvalue weighted by Gasteiger charge is -2.19. The quantitative estimate of drug-likeness (QED) is 0.691. The first kappa shape index (κ1) is 11.2. The molecule has 0 aliphatic carbocycles. The van der Waals surface area contributed by atoms with E-state index in [1.165, 1.54) is 0 Å². The summed E-state index contributed by atoms with van der Waals surface area (Å²) in [6.45, 7) is 2.63. The number of hydrogen-bond donors (Lipinski definition) is 3. The first-order chi connectivity index (χ1) is 7.52. The van der Waals surface area contributed by atoms with Crippen molar-refractivity contribution in [1.82, 2.24) is 0 Å². The number of aliphatic hydroxyl groups is 1. The number of phenols is 1. The summed E-state index contributed by atoms with van der Waals surface area (Å²) in [6.07, 6.45) is 0.00758. The molecule has 16 heavy (non-hydrogen) atoms. The van der Waals surface area contributed by atoms with Crippen LogP contribution in [0.25, 0.3) is 0 Å². The summed E-state index contributed by atoms with van der Waals surface area (Å²) < 4.78 is 0. The zero-order valence-corrected chi connectivity index (χ0v) is 9.64. The van der Waals surface area contributed by atoms with Crippen molar-refractivity contribution in [3.05, 3.63) is 23.3 Å². The molecule has 0 bridgehead atoms. The molecule has 2 rings (SSSR count). The molecule has 4 nitrogen and oxygen atoms in total. The molecule has 0 saturated carbocycles. The largest absolute Gasteiger partial charge is 0.507 e. The van der Waals surface area contributed by atoms with Crippen LogP contribution in [0, 0.1) is 0 Å². The molecule has 0 fully saturated rings. The van der Waals surface area contributed by atoms with Gasteiger partial charge in [-0.15, -0.1) is 0 Å². The van der Waals surface area contributed by atoms with Gasteiger partial charge in [0.15, 0.2) is 0 Å². The standard InChI is InChI=1S/C12H18N2O2/c1-7(13)11(15)9-3-4-10-8(12(9)16)5-6-14(10)2/h3-4,7,11,15-16H,5-6,13H2,1-2H3. The van der Waals surface area contributed by atoms with Crippen LogP contribution in [0.5, 0.6) is 5.75 Å². The Morgan fingerprint density at radius 2 is 2.12 bits per heavy atom. The van der Waals surface area contributed by atoms with Crippen molar-refractivity contribution in [2.75, 3.05) is 18.5 Å². The molecule has 1 aliphatic rings. The van der Waals surface area contributed by atoms with E-state index in [1.807, 2.05) is 13.1 Å². The van der Waals surface area contributed by atoms with E-state index in [0.29, 0.717) is 5.56 Å². The molecule has 0 saturated heterocycles. The fraction of sp³-hybridized carbons (Fsp3) is 0.500. The SMILES string of the molecule is CC(N)C(O)c1ccc2c(c1O)CCN2C. The number of aliphatic hydroxyl groups excluding tert-OH is 1. The number of anilines is 1. The number of nitrogens with zero attached hydrogens (tertiary/aromatic N) is 1. The van der Waals surface area contributed by atoms with Gasteiger partial charge in [-0.05, 0) is 19.4 Å². The number of aromatic hydroxyl groups is 1. The zero-order valence-electron chi connectivity index (χ0n) is 9.64. The Hall–Kier alpha value is -1.26. The molecule has 88 valence electrons. The molecule has 1 aromatic carbocycles. The van der Waals surface area contributed by atoms with Crippen molar-refractivity contribution in [3.63, 3.8) is 0 Å². The van der Waals surface area contributed by atoms with Crippen LogP contribution in [0.3, 0.4) is 0 Å². The normalized spacial score (nSPS) is 18.4. The van der Waals surface area contributed by atoms with Crippen molar-refractivity contribution < 1.29 is 10.2 Å². The van der Waals surface area contributed by atoms with Gasteiger partial charge in [-0.25, -0.2) is 0 Å². The number of hydrogen-bond acceptors (Lipinski definition) is 4. The van der Waals surface area contributed by atoms with Crippen LogP contribution in [-0.4, -0.2) is 29.8 Å². The van der Waals surface area contributed by atoms with Gasteiger partial charge in [0.2, 0.25) is 0 Å². The lowest BCUT2D eigenvalue weighted by Crippen LogP contribution is -2.24. The highest BCUT2D eigenvalue weighted by Crippen LogP contribution is 2.38. The highest BCUT2D eigenvalue weighted by atomic mass is 16.3. The smallest absolute Gasteiger partial charge is 0.126 e. The summed E-state index contributed by atoms with van der Waals surface area (Å²) in [5.74, 6) is 0.201. The molecular formula is C12H18N2O2. The third-order valence-corrected chi connectivity index (χ3v) is 3.21. The minimum absolute atomic E-state index is 0.201. The van der Waals surface area contributed by atoms with Crippen molar-refractivity contribution in [1.29, 1.82) is 0 Å². The average molecular weight is 222 g/mol. The number of phenolic OH excluding ortho intramolecular Hbond substituents is 1. The van der Waals surface area contributed by atoms with Gasteiger partial charge in [0.25, 0.3) is 0 Å². The maximum absolute atomic E-state index is 10.1. The lowest BCUT2D eigenvalue weighted by molar-refractivity contribution is 0.150. The molecular weight excluding hydrogens is 204 g/mol. The van der Waals surface area contributed by atoms with Gasteiger partial charge >= 0.3 is 0 Å². The molecule has 4 N–H and O–H groups in total. The molecule has 1 aliphatic heterocycles. The van der Waals surface area contributed by atoms with Crippen LogP contribution in [0.2, 0.25) is 0 Å². The second-order valence-corrected chi connectivity index (χ2v) is 4.48. The van der Waals surface area contributed by atoms with Gasteiger partial charge in [-0.3, -0.25) is 0 Å². The fourth-order valence-electron chi connectivity index (χ4n) is 2.17. The molecule has 4 heteroatoms. The van der Waals surface area contributed by atoms with E-state index in [1.54, 1.807) is 13.0 Å². The summed E-state index contributed by atoms with van der Waals surface area (Å²) >= 11 is 0. The molecule has 0 spiro atoms. The third kappa shape index (κ3) is 1.64. The molecule has 2 unspecified atom stereocenters. The van der Waals surface area contributed by atoms with Gasteiger partial charge in [0, 0.05) is 36.4 Å². The van der Waals surface area contributed by atoms with Crippen LogP contribution in [0.1, 0.15) is 24.2 Å². The monoisotopic (exact) mass is 222 g/mol. The first-order valence-corrected chi connectivity index (χ1v) is 5.52. The topological polar surface area (TPSA) is 69.7 Å². The Balaban J connectivity index is 2.44. The van der Waals surface area contributed by atoms with Crippen LogP contribution in [0.4, 0.5) is 5.69 Å². The highest BCUT2D eigenvalue weighted by Gasteiger charge is 2.24. The Morgan fingerprint density at radius 3 is 2.75 bits per heavy atom. The van der Waals surface area contributed by atoms with E-state index in [0.717, 1.165) is 24.2 Å². The first-order valence-electron chi connectivity index (χ1n) is 5.52. The zero-order chi connectivity index (χ0) is 11.9. The molecule has 0 aromatic heterocycles. The van der Waals surface area contributed by atoms with Crippen molar-refractivity contribution in [2.24, 2.45) is 5.73 Å². The summed E-state index contributed by atoms with van der Waals surface area (Å²) in [4.78, 5) is 2.09. The summed E-state index contributed by atoms with van der Waals surface area (Å²) in [5.41, 5.74) is 8.13. The van der Waals surface area contributed by atoms with E-state index in [9.17, 15) is 10.2 Å². The Morgan fingerprint density at radius 1 is 1.44 bits per heavy atom. The molecule has 1 heterocycles. The Bertz CT molecular complexity index is 404. The summed E-state index contributed by atoms with van der Waals surface area (Å²) in [5, 5.41) is 20.0. The lowest BCUT2D eigenvalue weighted by atomic mass is 9.99. The van der Waals surface area contributed by atoms with Crippen LogP contribution in [0.15, 0.2) is 12.1 Å². The van der Waals surface area contributed by atoms with Crippen molar-refractivity contribution in [2.45, 2.75) is 25.5 Å². The van der Waals surface area contributed by atoms with E-state index >= 15 is 0 Å². The second kappa shape index (κ2) is 3.96. The minimum Gasteiger partial charge on any atom is -0.507 e. The van der Waals surface area contributed by atoms with Crippen LogP contribution < -0.4 is 10.6 Å². The minimum atomic E-state index is -0.809. The molecule has 0 radical (unpaired) electrons. The maximum atomic E-state index is 10.1. The van der Waals surface area contributed by atoms with Crippen molar-refractivity contribution in [3.8, 4) is 5.75 Å². The van der Waals surface area contributed by atoms with Crippen LogP contribution >= 0.6 is 0 Å². The second-order valence-electron chi connectivity index (χ2n) is 4.48. The number of fused-ring (bicyclic) bond motifs is 1. The maximum Gasteiger partial charge on any atom is 0.126 e. The predicted octanol–water partition coefficient (Wildman–Crippen LogP) is 0.765. The Labute approximate surface area is 95.3 Å². The number of benzene rings is 1. The Kier molecular flexibility index (Phi) is 2.78. The predicted molar refractivity (Wildman–Crippen MR) is 63.7 cm³/mol. The fourth-order valence-corrected chi connectivity index (χ4v) is 2.17. The van der Waals surface area contributed by atoms with Gasteiger partial charge in [-0.1, -0.05) is 6.07 Å². The summed E-state index contributed by atoms with van der Waals surface area (Å²) in [6, 6.07) is 3.30. The number of likely N-dealkylation sites (N-methyl/N-ethyl adjacent to an activating group) is 1. The van der Waals surface area contributed by atoms with E-state index in [4.69, 9.17) is 5.73 Å². The van der Waals surface area contributed by atoms with E-state index in [2.05, 4.69) is 4.90 Å². The van der Waals surface area contributed by atoms with E-state index in [-0.39, 0.29) is 11.8 Å². The molecule has 1 aromatic rings. The average Bonchev–Trinajstić information content (AvgIpc) is 2.61. The number of nitrogens with two attached hydrogens (primary N) is 1. The number of rotatable bonds is 2. The van der Waals surface area contributed by atoms with Crippen LogP contribution in [-0.2, 0) is 6.42 Å².